The van der Waals surface area contributed by atoms with Crippen molar-refractivity contribution >= 4 is 40.9 Å². The fourth-order valence-electron chi connectivity index (χ4n) is 3.00. The van der Waals surface area contributed by atoms with Crippen molar-refractivity contribution in [2.24, 2.45) is 0 Å². The Bertz CT molecular complexity index is 1050. The van der Waals surface area contributed by atoms with Crippen LogP contribution in [0.15, 0.2) is 53.1 Å². The third kappa shape index (κ3) is 4.97. The van der Waals surface area contributed by atoms with Crippen LogP contribution in [0.2, 0.25) is 5.02 Å². The lowest BCUT2D eigenvalue weighted by molar-refractivity contribution is -0.121. The number of nitriles is 1. The summed E-state index contributed by atoms with van der Waals surface area (Å²) in [4.78, 5) is 24.4. The zero-order chi connectivity index (χ0) is 21.0. The minimum atomic E-state index is -0.688. The van der Waals surface area contributed by atoms with Crippen LogP contribution in [-0.2, 0) is 9.59 Å². The zero-order valence-corrected chi connectivity index (χ0v) is 17.0. The highest BCUT2D eigenvalue weighted by molar-refractivity contribution is 8.03. The van der Waals surface area contributed by atoms with Gasteiger partial charge in [0.2, 0.25) is 11.8 Å². The molecule has 1 atom stereocenters. The minimum absolute atomic E-state index is 0.0287. The quantitative estimate of drug-likeness (QED) is 0.733. The van der Waals surface area contributed by atoms with Gasteiger partial charge in [-0.15, -0.1) is 0 Å². The van der Waals surface area contributed by atoms with Gasteiger partial charge in [-0.2, -0.15) is 5.26 Å². The Morgan fingerprint density at radius 1 is 1.38 bits per heavy atom. The number of benzene rings is 2. The van der Waals surface area contributed by atoms with Crippen LogP contribution in [0.1, 0.15) is 23.5 Å². The molecule has 2 aromatic rings. The normalized spacial score (nSPS) is 16.2. The van der Waals surface area contributed by atoms with Crippen molar-refractivity contribution in [1.29, 1.82) is 5.26 Å². The Morgan fingerprint density at radius 3 is 2.83 bits per heavy atom. The predicted molar refractivity (Wildman–Crippen MR) is 112 cm³/mol. The summed E-state index contributed by atoms with van der Waals surface area (Å²) in [6.45, 7) is 1.89. The first-order valence-corrected chi connectivity index (χ1v) is 10.1. The van der Waals surface area contributed by atoms with Crippen LogP contribution in [0.4, 0.5) is 10.1 Å². The van der Waals surface area contributed by atoms with Crippen LogP contribution in [0.25, 0.3) is 0 Å². The van der Waals surface area contributed by atoms with E-state index in [9.17, 15) is 19.2 Å². The van der Waals surface area contributed by atoms with Crippen molar-refractivity contribution in [3.8, 4) is 6.07 Å². The fourth-order valence-corrected chi connectivity index (χ4v) is 4.16. The highest BCUT2D eigenvalue weighted by Crippen LogP contribution is 2.37. The summed E-state index contributed by atoms with van der Waals surface area (Å²) >= 11 is 7.14. The van der Waals surface area contributed by atoms with Gasteiger partial charge in [-0.05, 0) is 36.2 Å². The van der Waals surface area contributed by atoms with Crippen molar-refractivity contribution in [2.75, 3.05) is 11.1 Å². The molecule has 1 heterocycles. The van der Waals surface area contributed by atoms with E-state index < -0.39 is 11.7 Å². The molecule has 0 spiro atoms. The summed E-state index contributed by atoms with van der Waals surface area (Å²) in [5.74, 6) is -1.88. The number of halogens is 2. The third-order valence-corrected chi connectivity index (χ3v) is 5.71. The van der Waals surface area contributed by atoms with Crippen LogP contribution < -0.4 is 10.6 Å². The second-order valence-corrected chi connectivity index (χ2v) is 7.89. The van der Waals surface area contributed by atoms with Crippen LogP contribution in [0, 0.1) is 24.1 Å². The van der Waals surface area contributed by atoms with Crippen molar-refractivity contribution in [2.45, 2.75) is 19.3 Å². The number of amides is 2. The van der Waals surface area contributed by atoms with Crippen LogP contribution in [0.5, 0.6) is 0 Å². The molecule has 3 rings (SSSR count). The molecule has 29 heavy (non-hydrogen) atoms. The number of nitrogens with zero attached hydrogens (tertiary/aromatic N) is 1. The van der Waals surface area contributed by atoms with Gasteiger partial charge in [0, 0.05) is 12.3 Å². The Morgan fingerprint density at radius 2 is 2.14 bits per heavy atom. The third-order valence-electron chi connectivity index (χ3n) is 4.38. The van der Waals surface area contributed by atoms with Gasteiger partial charge in [0.25, 0.3) is 0 Å². The van der Waals surface area contributed by atoms with E-state index in [4.69, 9.17) is 11.6 Å². The van der Waals surface area contributed by atoms with Crippen molar-refractivity contribution in [3.05, 3.63) is 75.0 Å². The van der Waals surface area contributed by atoms with Gasteiger partial charge < -0.3 is 10.6 Å². The number of hydrogen-bond acceptors (Lipinski definition) is 4. The first-order chi connectivity index (χ1) is 13.9. The molecule has 0 aliphatic carbocycles. The molecule has 0 fully saturated rings. The second kappa shape index (κ2) is 9.12. The molecule has 5 nitrogen and oxygen atoms in total. The largest absolute Gasteiger partial charge is 0.324 e. The van der Waals surface area contributed by atoms with E-state index in [1.54, 1.807) is 30.3 Å². The monoisotopic (exact) mass is 429 g/mol. The van der Waals surface area contributed by atoms with E-state index in [2.05, 4.69) is 16.7 Å². The Balaban J connectivity index is 1.77. The molecule has 8 heteroatoms. The Hall–Kier alpha value is -2.82. The number of hydrogen-bond donors (Lipinski definition) is 2. The molecule has 0 radical (unpaired) electrons. The fraction of sp³-hybridized carbons (Fsp3) is 0.190. The summed E-state index contributed by atoms with van der Waals surface area (Å²) in [5, 5.41) is 15.6. The summed E-state index contributed by atoms with van der Waals surface area (Å²) in [6, 6.07) is 13.4. The molecule has 2 amide bonds. The van der Waals surface area contributed by atoms with E-state index in [1.807, 2.05) is 13.0 Å². The standard InChI is InChI=1S/C21H17ClFN3O2S/c1-12-6-7-18(16(22)8-12)25-20(28)11-29-21-15(10-24)14(9-19(27)26-21)13-4-2-3-5-17(13)23/h2-8,14H,9,11H2,1H3,(H,25,28)(H,26,27). The van der Waals surface area contributed by atoms with E-state index in [-0.39, 0.29) is 40.2 Å². The molecule has 0 saturated carbocycles. The van der Waals surface area contributed by atoms with Gasteiger partial charge in [-0.1, -0.05) is 47.6 Å². The van der Waals surface area contributed by atoms with Crippen molar-refractivity contribution in [1.82, 2.24) is 5.32 Å². The molecule has 1 aliphatic rings. The number of carbonyl (C=O) groups is 2. The van der Waals surface area contributed by atoms with E-state index in [1.165, 1.54) is 6.07 Å². The molecule has 0 aromatic heterocycles. The van der Waals surface area contributed by atoms with E-state index in [0.717, 1.165) is 17.3 Å². The molecule has 1 unspecified atom stereocenters. The number of anilines is 1. The summed E-state index contributed by atoms with van der Waals surface area (Å²) < 4.78 is 14.2. The number of aryl methyl sites for hydroxylation is 1. The molecule has 148 valence electrons. The lowest BCUT2D eigenvalue weighted by atomic mass is 9.87. The lowest BCUT2D eigenvalue weighted by Crippen LogP contribution is -2.31. The molecule has 2 aromatic carbocycles. The number of thioether (sulfide) groups is 1. The highest BCUT2D eigenvalue weighted by atomic mass is 35.5. The number of rotatable bonds is 5. The maximum Gasteiger partial charge on any atom is 0.234 e. The SMILES string of the molecule is Cc1ccc(NC(=O)CSC2=C(C#N)C(c3ccccc3F)CC(=O)N2)c(Cl)c1. The Kier molecular flexibility index (Phi) is 6.57. The molecule has 2 N–H and O–H groups in total. The average Bonchev–Trinajstić information content (AvgIpc) is 2.68. The van der Waals surface area contributed by atoms with Gasteiger partial charge in [0.05, 0.1) is 33.1 Å². The number of carbonyl (C=O) groups excluding carboxylic acids is 2. The Labute approximate surface area is 176 Å². The van der Waals surface area contributed by atoms with Gasteiger partial charge in [-0.25, -0.2) is 4.39 Å². The van der Waals surface area contributed by atoms with Crippen molar-refractivity contribution < 1.29 is 14.0 Å². The van der Waals surface area contributed by atoms with Crippen molar-refractivity contribution in [3.63, 3.8) is 0 Å². The molecular weight excluding hydrogens is 413 g/mol. The number of allylic oxidation sites excluding steroid dienone is 1. The van der Waals surface area contributed by atoms with E-state index in [0.29, 0.717) is 10.7 Å². The number of nitrogens with one attached hydrogen (secondary N) is 2. The topological polar surface area (TPSA) is 82.0 Å². The van der Waals surface area contributed by atoms with Gasteiger partial charge >= 0.3 is 0 Å². The zero-order valence-electron chi connectivity index (χ0n) is 15.5. The van der Waals surface area contributed by atoms with Crippen LogP contribution in [-0.4, -0.2) is 17.6 Å². The predicted octanol–water partition coefficient (Wildman–Crippen LogP) is 4.50. The summed E-state index contributed by atoms with van der Waals surface area (Å²) in [5.41, 5.74) is 1.97. The van der Waals surface area contributed by atoms with Gasteiger partial charge in [0.15, 0.2) is 0 Å². The lowest BCUT2D eigenvalue weighted by Gasteiger charge is -2.25. The minimum Gasteiger partial charge on any atom is -0.324 e. The maximum atomic E-state index is 14.2. The first kappa shape index (κ1) is 20.9. The highest BCUT2D eigenvalue weighted by Gasteiger charge is 2.31. The smallest absolute Gasteiger partial charge is 0.234 e. The van der Waals surface area contributed by atoms with Gasteiger partial charge in [0.1, 0.15) is 5.82 Å². The molecule has 1 aliphatic heterocycles. The molecule has 0 bridgehead atoms. The van der Waals surface area contributed by atoms with E-state index >= 15 is 0 Å². The summed E-state index contributed by atoms with van der Waals surface area (Å²) in [6.07, 6.45) is -0.0287. The average molecular weight is 430 g/mol. The molecular formula is C21H17ClFN3O2S. The van der Waals surface area contributed by atoms with Crippen LogP contribution in [0.3, 0.4) is 0 Å². The van der Waals surface area contributed by atoms with Gasteiger partial charge in [-0.3, -0.25) is 9.59 Å². The first-order valence-electron chi connectivity index (χ1n) is 8.76. The van der Waals surface area contributed by atoms with Crippen LogP contribution >= 0.6 is 23.4 Å². The second-order valence-electron chi connectivity index (χ2n) is 6.50. The molecule has 0 saturated heterocycles. The maximum absolute atomic E-state index is 14.2. The summed E-state index contributed by atoms with van der Waals surface area (Å²) in [7, 11) is 0.